The Hall–Kier alpha value is -1.89. The monoisotopic (exact) mass is 281 g/mol. The van der Waals surface area contributed by atoms with E-state index in [1.807, 2.05) is 0 Å². The van der Waals surface area contributed by atoms with Crippen LogP contribution in [0, 0.1) is 5.41 Å². The van der Waals surface area contributed by atoms with Crippen LogP contribution in [0.15, 0.2) is 23.1 Å². The Kier molecular flexibility index (Phi) is 2.28. The summed E-state index contributed by atoms with van der Waals surface area (Å²) in [6.45, 7) is 0. The van der Waals surface area contributed by atoms with E-state index in [1.54, 1.807) is 0 Å². The number of carbonyl (C=O) groups is 2. The molecule has 1 spiro atoms. The highest BCUT2D eigenvalue weighted by molar-refractivity contribution is 7.91. The van der Waals surface area contributed by atoms with E-state index in [1.165, 1.54) is 18.2 Å². The van der Waals surface area contributed by atoms with Gasteiger partial charge in [0.1, 0.15) is 0 Å². The number of hydrogen-bond acceptors (Lipinski definition) is 4. The Balaban J connectivity index is 2.17. The number of hydrogen-bond donors (Lipinski definition) is 2. The Morgan fingerprint density at radius 1 is 1.32 bits per heavy atom. The topological polar surface area (TPSA) is 101 Å². The number of fused-ring (bicyclic) bond motifs is 1. The van der Waals surface area contributed by atoms with Crippen molar-refractivity contribution in [1.29, 1.82) is 0 Å². The second kappa shape index (κ2) is 3.57. The number of rotatable bonds is 1. The molecule has 1 aromatic carbocycles. The van der Waals surface area contributed by atoms with Crippen molar-refractivity contribution in [3.8, 4) is 0 Å². The zero-order chi connectivity index (χ0) is 13.8. The van der Waals surface area contributed by atoms with Gasteiger partial charge in [0.2, 0.25) is 5.91 Å². The quantitative estimate of drug-likeness (QED) is 0.796. The van der Waals surface area contributed by atoms with Crippen LogP contribution in [0.25, 0.3) is 0 Å². The van der Waals surface area contributed by atoms with Gasteiger partial charge in [-0.25, -0.2) is 13.2 Å². The summed E-state index contributed by atoms with van der Waals surface area (Å²) >= 11 is 0. The Bertz CT molecular complexity index is 703. The zero-order valence-electron chi connectivity index (χ0n) is 9.84. The number of amides is 1. The molecule has 0 bridgehead atoms. The number of sulfone groups is 1. The van der Waals surface area contributed by atoms with Crippen LogP contribution in [0.5, 0.6) is 0 Å². The average Bonchev–Trinajstić information content (AvgIpc) is 3.08. The van der Waals surface area contributed by atoms with Crippen molar-refractivity contribution in [2.45, 2.75) is 17.7 Å². The molecule has 0 atom stereocenters. The maximum absolute atomic E-state index is 12.2. The first kappa shape index (κ1) is 12.2. The molecule has 2 N–H and O–H groups in total. The summed E-state index contributed by atoms with van der Waals surface area (Å²) in [6.07, 6.45) is 1.11. The lowest BCUT2D eigenvalue weighted by Gasteiger charge is -2.08. The number of carbonyl (C=O) groups excluding carboxylic acids is 1. The first-order valence-corrected chi connectivity index (χ1v) is 7.41. The lowest BCUT2D eigenvalue weighted by atomic mass is 10.1. The van der Waals surface area contributed by atoms with E-state index in [2.05, 4.69) is 5.32 Å². The predicted molar refractivity (Wildman–Crippen MR) is 65.8 cm³/mol. The van der Waals surface area contributed by atoms with E-state index in [9.17, 15) is 18.0 Å². The van der Waals surface area contributed by atoms with E-state index in [4.69, 9.17) is 5.11 Å². The minimum atomic E-state index is -3.58. The minimum absolute atomic E-state index is 0.00498. The molecular formula is C12H11NO5S. The number of benzene rings is 1. The van der Waals surface area contributed by atoms with E-state index in [0.717, 1.165) is 0 Å². The predicted octanol–water partition coefficient (Wildman–Crippen LogP) is 0.891. The third-order valence-corrected chi connectivity index (χ3v) is 5.57. The van der Waals surface area contributed by atoms with Gasteiger partial charge in [-0.15, -0.1) is 0 Å². The van der Waals surface area contributed by atoms with Crippen molar-refractivity contribution in [3.63, 3.8) is 0 Å². The number of anilines is 1. The van der Waals surface area contributed by atoms with Gasteiger partial charge >= 0.3 is 5.97 Å². The smallest absolute Gasteiger partial charge is 0.335 e. The van der Waals surface area contributed by atoms with Gasteiger partial charge in [-0.2, -0.15) is 0 Å². The molecule has 1 aliphatic heterocycles. The van der Waals surface area contributed by atoms with Crippen molar-refractivity contribution in [1.82, 2.24) is 0 Å². The van der Waals surface area contributed by atoms with Crippen molar-refractivity contribution in [2.75, 3.05) is 11.1 Å². The molecule has 1 aromatic rings. The molecule has 3 rings (SSSR count). The fourth-order valence-electron chi connectivity index (χ4n) is 2.32. The molecule has 1 heterocycles. The molecule has 0 unspecified atom stereocenters. The van der Waals surface area contributed by atoms with Crippen LogP contribution in [0.1, 0.15) is 23.2 Å². The van der Waals surface area contributed by atoms with E-state index < -0.39 is 21.2 Å². The van der Waals surface area contributed by atoms with Gasteiger partial charge in [-0.05, 0) is 31.0 Å². The zero-order valence-corrected chi connectivity index (χ0v) is 10.7. The van der Waals surface area contributed by atoms with Gasteiger partial charge in [0.25, 0.3) is 0 Å². The maximum atomic E-state index is 12.2. The molecule has 7 heteroatoms. The molecule has 1 aliphatic carbocycles. The maximum Gasteiger partial charge on any atom is 0.335 e. The van der Waals surface area contributed by atoms with Gasteiger partial charge in [-0.3, -0.25) is 4.79 Å². The van der Waals surface area contributed by atoms with Gasteiger partial charge < -0.3 is 10.4 Å². The molecule has 1 fully saturated rings. The van der Waals surface area contributed by atoms with Crippen LogP contribution in [-0.4, -0.2) is 31.2 Å². The summed E-state index contributed by atoms with van der Waals surface area (Å²) < 4.78 is 24.5. The Morgan fingerprint density at radius 3 is 2.58 bits per heavy atom. The highest BCUT2D eigenvalue weighted by Crippen LogP contribution is 2.50. The molecule has 0 aromatic heterocycles. The fraction of sp³-hybridized carbons (Fsp3) is 0.333. The molecule has 19 heavy (non-hydrogen) atoms. The SMILES string of the molecule is O=C(O)c1ccc2c(c1)NC(=O)C1(CC1)CS2(=O)=O. The van der Waals surface area contributed by atoms with Crippen molar-refractivity contribution < 1.29 is 23.1 Å². The summed E-state index contributed by atoms with van der Waals surface area (Å²) in [5, 5.41) is 11.5. The molecule has 1 amide bonds. The molecule has 1 saturated carbocycles. The van der Waals surface area contributed by atoms with Crippen LogP contribution in [0.4, 0.5) is 5.69 Å². The molecular weight excluding hydrogens is 270 g/mol. The molecule has 100 valence electrons. The lowest BCUT2D eigenvalue weighted by Crippen LogP contribution is -2.27. The van der Waals surface area contributed by atoms with Crippen LogP contribution < -0.4 is 5.32 Å². The molecule has 2 aliphatic rings. The van der Waals surface area contributed by atoms with Crippen molar-refractivity contribution >= 4 is 27.4 Å². The van der Waals surface area contributed by atoms with E-state index in [0.29, 0.717) is 12.8 Å². The number of aromatic carboxylic acids is 1. The lowest BCUT2D eigenvalue weighted by molar-refractivity contribution is -0.120. The van der Waals surface area contributed by atoms with E-state index in [-0.39, 0.29) is 27.8 Å². The summed E-state index contributed by atoms with van der Waals surface area (Å²) in [7, 11) is -3.58. The number of carboxylic acids is 1. The second-order valence-corrected chi connectivity index (χ2v) is 6.97. The van der Waals surface area contributed by atoms with Crippen LogP contribution >= 0.6 is 0 Å². The highest BCUT2D eigenvalue weighted by Gasteiger charge is 2.54. The molecule has 6 nitrogen and oxygen atoms in total. The van der Waals surface area contributed by atoms with Gasteiger partial charge in [0.15, 0.2) is 9.84 Å². The Morgan fingerprint density at radius 2 is 2.00 bits per heavy atom. The van der Waals surface area contributed by atoms with E-state index >= 15 is 0 Å². The number of nitrogens with one attached hydrogen (secondary N) is 1. The van der Waals surface area contributed by atoms with Gasteiger partial charge in [0.05, 0.1) is 27.3 Å². The van der Waals surface area contributed by atoms with Crippen LogP contribution in [0.3, 0.4) is 0 Å². The standard InChI is InChI=1S/C12H11NO5S/c14-10(15)7-1-2-9-8(5-7)13-11(16)12(3-4-12)6-19(9,17)18/h1-2,5H,3-4,6H2,(H,13,16)(H,14,15). The molecule has 0 saturated heterocycles. The highest BCUT2D eigenvalue weighted by atomic mass is 32.2. The van der Waals surface area contributed by atoms with Crippen LogP contribution in [0.2, 0.25) is 0 Å². The number of carboxylic acid groups (broad SMARTS) is 1. The van der Waals surface area contributed by atoms with Crippen LogP contribution in [-0.2, 0) is 14.6 Å². The van der Waals surface area contributed by atoms with Gasteiger partial charge in [0, 0.05) is 0 Å². The largest absolute Gasteiger partial charge is 0.478 e. The summed E-state index contributed by atoms with van der Waals surface area (Å²) in [5.41, 5.74) is -0.809. The minimum Gasteiger partial charge on any atom is -0.478 e. The molecule has 0 radical (unpaired) electrons. The third-order valence-electron chi connectivity index (χ3n) is 3.61. The summed E-state index contributed by atoms with van der Waals surface area (Å²) in [4.78, 5) is 22.9. The average molecular weight is 281 g/mol. The summed E-state index contributed by atoms with van der Waals surface area (Å²) in [6, 6.07) is 3.67. The Labute approximate surface area is 109 Å². The summed E-state index contributed by atoms with van der Waals surface area (Å²) in [5.74, 6) is -1.71. The third kappa shape index (κ3) is 1.81. The normalized spacial score (nSPS) is 22.2. The second-order valence-electron chi connectivity index (χ2n) is 5.01. The van der Waals surface area contributed by atoms with Gasteiger partial charge in [-0.1, -0.05) is 0 Å². The fourth-order valence-corrected chi connectivity index (χ4v) is 4.34. The van der Waals surface area contributed by atoms with Crippen molar-refractivity contribution in [3.05, 3.63) is 23.8 Å². The first-order chi connectivity index (χ1) is 8.84. The first-order valence-electron chi connectivity index (χ1n) is 5.76. The van der Waals surface area contributed by atoms with Crippen molar-refractivity contribution in [2.24, 2.45) is 5.41 Å².